The molecule has 1 aromatic carbocycles. The van der Waals surface area contributed by atoms with Gasteiger partial charge in [0.15, 0.2) is 11.8 Å². The molecule has 1 fully saturated rings. The first kappa shape index (κ1) is 23.7. The van der Waals surface area contributed by atoms with Crippen LogP contribution in [0.25, 0.3) is 5.65 Å². The Hall–Kier alpha value is -3.01. The van der Waals surface area contributed by atoms with E-state index in [0.29, 0.717) is 37.8 Å². The molecule has 0 saturated carbocycles. The van der Waals surface area contributed by atoms with Crippen LogP contribution in [-0.2, 0) is 14.4 Å². The van der Waals surface area contributed by atoms with Crippen LogP contribution in [0.4, 0.5) is 0 Å². The number of aliphatic hydroxyl groups excluding tert-OH is 1. The molecule has 0 radical (unpaired) electrons. The number of nitrogens with one attached hydrogen (secondary N) is 1. The first-order valence-electron chi connectivity index (χ1n) is 10.2. The number of amides is 2. The molecule has 0 bridgehead atoms. The average Bonchev–Trinajstić information content (AvgIpc) is 3.32. The van der Waals surface area contributed by atoms with Crippen molar-refractivity contribution >= 4 is 62.9 Å². The third-order valence-corrected chi connectivity index (χ3v) is 8.24. The van der Waals surface area contributed by atoms with E-state index in [2.05, 4.69) is 41.9 Å². The Kier molecular flexibility index (Phi) is 6.48. The largest absolute Gasteiger partial charge is 0.477 e. The van der Waals surface area contributed by atoms with E-state index in [1.807, 2.05) is 0 Å². The minimum Gasteiger partial charge on any atom is -0.477 e. The van der Waals surface area contributed by atoms with E-state index in [4.69, 9.17) is 0 Å². The number of carboxylic acid groups (broad SMARTS) is 1. The van der Waals surface area contributed by atoms with Gasteiger partial charge in [-0.25, -0.2) is 4.79 Å². The molecule has 2 aliphatic rings. The summed E-state index contributed by atoms with van der Waals surface area (Å²) < 4.78 is 1.97. The number of β-lactam (4-membered cyclic amide) rings is 1. The highest BCUT2D eigenvalue weighted by Gasteiger charge is 2.54. The van der Waals surface area contributed by atoms with Crippen LogP contribution in [-0.4, -0.2) is 81.1 Å². The van der Waals surface area contributed by atoms with Gasteiger partial charge in [0, 0.05) is 16.0 Å². The fourth-order valence-corrected chi connectivity index (χ4v) is 6.48. The maximum absolute atomic E-state index is 12.9. The van der Waals surface area contributed by atoms with Gasteiger partial charge in [0.25, 0.3) is 11.8 Å². The maximum Gasteiger partial charge on any atom is 0.352 e. The molecule has 0 aliphatic carbocycles. The van der Waals surface area contributed by atoms with E-state index in [1.54, 1.807) is 36.4 Å². The minimum atomic E-state index is -1.46. The molecule has 2 aliphatic heterocycles. The van der Waals surface area contributed by atoms with Gasteiger partial charge < -0.3 is 15.5 Å². The summed E-state index contributed by atoms with van der Waals surface area (Å²) in [6, 6.07) is 9.14. The van der Waals surface area contributed by atoms with E-state index in [1.165, 1.54) is 33.1 Å². The number of nitrogens with zero attached hydrogens (tertiary/aromatic N) is 6. The Bertz CT molecular complexity index is 1380. The zero-order chi connectivity index (χ0) is 24.7. The topological polar surface area (TPSA) is 163 Å². The van der Waals surface area contributed by atoms with Crippen LogP contribution >= 0.6 is 39.5 Å². The third-order valence-electron chi connectivity index (χ3n) is 5.40. The molecule has 2 unspecified atom stereocenters. The molecule has 2 amide bonds. The zero-order valence-corrected chi connectivity index (χ0v) is 20.8. The number of carboxylic acids is 1. The number of halogens is 1. The number of carbonyl (C=O) groups excluding carboxylic acids is 2. The summed E-state index contributed by atoms with van der Waals surface area (Å²) in [7, 11) is 0. The third kappa shape index (κ3) is 4.51. The summed E-state index contributed by atoms with van der Waals surface area (Å²) in [5, 5.41) is 38.1. The quantitative estimate of drug-likeness (QED) is 0.269. The molecule has 3 atom stereocenters. The summed E-state index contributed by atoms with van der Waals surface area (Å²) >= 11 is 5.95. The predicted octanol–water partition coefficient (Wildman–Crippen LogP) is 0.846. The lowest BCUT2D eigenvalue weighted by Gasteiger charge is -2.49. The van der Waals surface area contributed by atoms with Crippen molar-refractivity contribution in [2.75, 3.05) is 11.5 Å². The number of aliphatic hydroxyl groups is 1. The van der Waals surface area contributed by atoms with Crippen molar-refractivity contribution in [2.45, 2.75) is 22.5 Å². The van der Waals surface area contributed by atoms with E-state index < -0.39 is 35.3 Å². The number of carbonyl (C=O) groups is 3. The van der Waals surface area contributed by atoms with Crippen LogP contribution in [0, 0.1) is 0 Å². The molecule has 4 heterocycles. The monoisotopic (exact) mass is 577 g/mol. The maximum atomic E-state index is 12.9. The lowest BCUT2D eigenvalue weighted by molar-refractivity contribution is -0.151. The normalized spacial score (nSPS) is 20.4. The highest BCUT2D eigenvalue weighted by atomic mass is 79.9. The smallest absolute Gasteiger partial charge is 0.352 e. The Morgan fingerprint density at radius 3 is 2.91 bits per heavy atom. The SMILES string of the molecule is O=C(O)C1=C(CSc2ccc3nnnn3n2)CS[C@H]2C(NC(=O)C(O)c3cccc(Br)c3)C(=O)N12. The molecule has 3 aromatic rings. The lowest BCUT2D eigenvalue weighted by atomic mass is 10.0. The molecule has 35 heavy (non-hydrogen) atoms. The van der Waals surface area contributed by atoms with E-state index in [0.717, 1.165) is 0 Å². The number of rotatable bonds is 7. The van der Waals surface area contributed by atoms with E-state index >= 15 is 0 Å². The van der Waals surface area contributed by atoms with Gasteiger partial charge in [0.05, 0.1) is 0 Å². The van der Waals surface area contributed by atoms with Crippen molar-refractivity contribution < 1.29 is 24.6 Å². The molecular formula is C20H16BrN7O5S2. The standard InChI is InChI=1S/C20H16BrN7O5S2/c21-11-3-1-2-9(6-11)16(29)17(30)22-14-18(31)27-15(20(32)33)10(8-35-19(14)27)7-34-13-5-4-12-23-25-26-28(12)24-13/h1-6,14,16,19,29H,7-8H2,(H,22,30)(H,32,33)/t14?,16?,19-/m0/s1. The van der Waals surface area contributed by atoms with Crippen molar-refractivity contribution in [3.63, 3.8) is 0 Å². The van der Waals surface area contributed by atoms with Crippen molar-refractivity contribution in [1.82, 2.24) is 35.5 Å². The van der Waals surface area contributed by atoms with Crippen molar-refractivity contribution in [3.8, 4) is 0 Å². The van der Waals surface area contributed by atoms with Crippen LogP contribution in [0.3, 0.4) is 0 Å². The summed E-state index contributed by atoms with van der Waals surface area (Å²) in [6.07, 6.45) is -1.46. The zero-order valence-electron chi connectivity index (χ0n) is 17.6. The van der Waals surface area contributed by atoms with E-state index in [9.17, 15) is 24.6 Å². The molecule has 2 aromatic heterocycles. The lowest BCUT2D eigenvalue weighted by Crippen LogP contribution is -2.70. The number of aromatic nitrogens is 5. The van der Waals surface area contributed by atoms with Crippen LogP contribution in [0.1, 0.15) is 11.7 Å². The van der Waals surface area contributed by atoms with Crippen molar-refractivity contribution in [3.05, 3.63) is 57.7 Å². The molecular weight excluding hydrogens is 562 g/mol. The molecule has 1 saturated heterocycles. The first-order valence-corrected chi connectivity index (χ1v) is 13.0. The van der Waals surface area contributed by atoms with Gasteiger partial charge >= 0.3 is 5.97 Å². The summed E-state index contributed by atoms with van der Waals surface area (Å²) in [5.74, 6) is -1.83. The average molecular weight is 578 g/mol. The van der Waals surface area contributed by atoms with Crippen molar-refractivity contribution in [1.29, 1.82) is 0 Å². The molecule has 12 nitrogen and oxygen atoms in total. The Balaban J connectivity index is 1.28. The summed E-state index contributed by atoms with van der Waals surface area (Å²) in [4.78, 5) is 38.7. The number of aliphatic carboxylic acids is 1. The first-order chi connectivity index (χ1) is 16.8. The molecule has 15 heteroatoms. The fourth-order valence-electron chi connectivity index (χ4n) is 3.73. The number of thioether (sulfide) groups is 2. The fraction of sp³-hybridized carbons (Fsp3) is 0.250. The number of tetrazole rings is 1. The number of hydrogen-bond acceptors (Lipinski definition) is 10. The van der Waals surface area contributed by atoms with Crippen molar-refractivity contribution in [2.24, 2.45) is 0 Å². The predicted molar refractivity (Wildman–Crippen MR) is 128 cm³/mol. The van der Waals surface area contributed by atoms with Crippen LogP contribution in [0.15, 0.2) is 57.2 Å². The highest BCUT2D eigenvalue weighted by molar-refractivity contribution is 9.10. The second kappa shape index (κ2) is 9.56. The summed E-state index contributed by atoms with van der Waals surface area (Å²) in [5.41, 5.74) is 1.33. The van der Waals surface area contributed by atoms with Crippen LogP contribution in [0.5, 0.6) is 0 Å². The van der Waals surface area contributed by atoms with Gasteiger partial charge in [-0.15, -0.1) is 38.4 Å². The van der Waals surface area contributed by atoms with Crippen LogP contribution in [0.2, 0.25) is 0 Å². The Morgan fingerprint density at radius 2 is 2.14 bits per heavy atom. The van der Waals surface area contributed by atoms with Crippen LogP contribution < -0.4 is 5.32 Å². The second-order valence-corrected chi connectivity index (χ2v) is 10.6. The molecule has 5 rings (SSSR count). The number of fused-ring (bicyclic) bond motifs is 2. The molecule has 180 valence electrons. The van der Waals surface area contributed by atoms with Gasteiger partial charge in [-0.1, -0.05) is 28.1 Å². The molecule has 0 spiro atoms. The number of benzene rings is 1. The Morgan fingerprint density at radius 1 is 1.31 bits per heavy atom. The highest BCUT2D eigenvalue weighted by Crippen LogP contribution is 2.41. The molecule has 3 N–H and O–H groups in total. The van der Waals surface area contributed by atoms with Gasteiger partial charge in [-0.05, 0) is 45.8 Å². The van der Waals surface area contributed by atoms with Gasteiger partial charge in [0.1, 0.15) is 22.1 Å². The Labute approximate surface area is 214 Å². The second-order valence-electron chi connectivity index (χ2n) is 7.60. The van der Waals surface area contributed by atoms with Gasteiger partial charge in [-0.2, -0.15) is 0 Å². The minimum absolute atomic E-state index is 0.0900. The number of hydrogen-bond donors (Lipinski definition) is 3. The van der Waals surface area contributed by atoms with Gasteiger partial charge in [-0.3, -0.25) is 14.5 Å². The van der Waals surface area contributed by atoms with E-state index in [-0.39, 0.29) is 5.70 Å². The van der Waals surface area contributed by atoms with Gasteiger partial charge in [0.2, 0.25) is 0 Å². The summed E-state index contributed by atoms with van der Waals surface area (Å²) in [6.45, 7) is 0.